The van der Waals surface area contributed by atoms with E-state index in [4.69, 9.17) is 4.52 Å². The van der Waals surface area contributed by atoms with Crippen molar-refractivity contribution >= 4 is 5.91 Å². The van der Waals surface area contributed by atoms with Gasteiger partial charge in [-0.2, -0.15) is 0 Å². The summed E-state index contributed by atoms with van der Waals surface area (Å²) in [6.45, 7) is 1.56. The highest BCUT2D eigenvalue weighted by molar-refractivity contribution is 5.92. The fourth-order valence-electron chi connectivity index (χ4n) is 2.32. The lowest BCUT2D eigenvalue weighted by molar-refractivity contribution is 0.0902. The largest absolute Gasteiger partial charge is 0.350 e. The van der Waals surface area contributed by atoms with E-state index in [9.17, 15) is 13.6 Å². The molecule has 0 radical (unpaired) electrons. The zero-order valence-corrected chi connectivity index (χ0v) is 12.8. The van der Waals surface area contributed by atoms with E-state index in [1.807, 2.05) is 30.3 Å². The van der Waals surface area contributed by atoms with Crippen LogP contribution in [0.5, 0.6) is 0 Å². The Morgan fingerprint density at radius 3 is 2.62 bits per heavy atom. The minimum atomic E-state index is -0.724. The molecule has 1 amide bonds. The number of halogens is 2. The van der Waals surface area contributed by atoms with Gasteiger partial charge in [0.05, 0.1) is 6.04 Å². The highest BCUT2D eigenvalue weighted by atomic mass is 19.1. The molecule has 1 N–H and O–H groups in total. The maximum atomic E-state index is 13.7. The van der Waals surface area contributed by atoms with Crippen LogP contribution in [-0.4, -0.2) is 11.1 Å². The molecule has 0 saturated carbocycles. The first kappa shape index (κ1) is 15.9. The Kier molecular flexibility index (Phi) is 4.37. The van der Waals surface area contributed by atoms with Gasteiger partial charge in [0.2, 0.25) is 5.76 Å². The summed E-state index contributed by atoms with van der Waals surface area (Å²) in [6, 6.07) is 13.1. The van der Waals surface area contributed by atoms with Crippen LogP contribution in [0.3, 0.4) is 0 Å². The van der Waals surface area contributed by atoms with Crippen LogP contribution in [0.2, 0.25) is 0 Å². The van der Waals surface area contributed by atoms with E-state index in [0.717, 1.165) is 23.8 Å². The molecule has 1 aromatic heterocycles. The Hall–Kier alpha value is -3.02. The van der Waals surface area contributed by atoms with Crippen LogP contribution in [0.4, 0.5) is 8.78 Å². The average molecular weight is 328 g/mol. The molecule has 1 heterocycles. The smallest absolute Gasteiger partial charge is 0.290 e. The van der Waals surface area contributed by atoms with E-state index >= 15 is 0 Å². The Bertz CT molecular complexity index is 862. The van der Waals surface area contributed by atoms with Crippen LogP contribution in [0.15, 0.2) is 59.1 Å². The number of benzene rings is 2. The molecule has 1 atom stereocenters. The first-order valence-electron chi connectivity index (χ1n) is 7.32. The molecule has 4 nitrogen and oxygen atoms in total. The van der Waals surface area contributed by atoms with Gasteiger partial charge in [-0.3, -0.25) is 4.79 Å². The summed E-state index contributed by atoms with van der Waals surface area (Å²) in [7, 11) is 0. The Morgan fingerprint density at radius 1 is 1.12 bits per heavy atom. The summed E-state index contributed by atoms with van der Waals surface area (Å²) in [5, 5.41) is 6.42. The predicted octanol–water partition coefficient (Wildman–Crippen LogP) is 4.11. The number of rotatable bonds is 4. The fraction of sp³-hybridized carbons (Fsp3) is 0.111. The maximum absolute atomic E-state index is 13.7. The summed E-state index contributed by atoms with van der Waals surface area (Å²) < 4.78 is 32.0. The molecule has 6 heteroatoms. The molecule has 122 valence electrons. The lowest BCUT2D eigenvalue weighted by Gasteiger charge is -2.14. The van der Waals surface area contributed by atoms with E-state index in [1.165, 1.54) is 6.07 Å². The van der Waals surface area contributed by atoms with Gasteiger partial charge < -0.3 is 9.84 Å². The lowest BCUT2D eigenvalue weighted by Crippen LogP contribution is -2.27. The van der Waals surface area contributed by atoms with Crippen molar-refractivity contribution in [2.24, 2.45) is 0 Å². The monoisotopic (exact) mass is 328 g/mol. The van der Waals surface area contributed by atoms with Gasteiger partial charge in [-0.15, -0.1) is 0 Å². The standard InChI is InChI=1S/C18H14F2N2O2/c1-11(14-9-13(19)7-8-15(14)20)21-18(23)17-10-16(22-24-17)12-5-3-2-4-6-12/h2-11H,1H3,(H,21,23). The molecule has 0 aliphatic carbocycles. The van der Waals surface area contributed by atoms with E-state index in [2.05, 4.69) is 10.5 Å². The fourth-order valence-corrected chi connectivity index (χ4v) is 2.32. The Balaban J connectivity index is 1.76. The van der Waals surface area contributed by atoms with E-state index < -0.39 is 23.6 Å². The van der Waals surface area contributed by atoms with Gasteiger partial charge in [-0.25, -0.2) is 8.78 Å². The molecule has 3 aromatic rings. The number of nitrogens with zero attached hydrogens (tertiary/aromatic N) is 1. The van der Waals surface area contributed by atoms with Gasteiger partial charge in [0.15, 0.2) is 0 Å². The first-order valence-corrected chi connectivity index (χ1v) is 7.32. The third-order valence-electron chi connectivity index (χ3n) is 3.58. The molecule has 1 unspecified atom stereocenters. The van der Waals surface area contributed by atoms with Crippen LogP contribution in [0, 0.1) is 11.6 Å². The van der Waals surface area contributed by atoms with Crippen molar-refractivity contribution in [1.29, 1.82) is 0 Å². The maximum Gasteiger partial charge on any atom is 0.290 e. The second-order valence-electron chi connectivity index (χ2n) is 5.30. The number of hydrogen-bond donors (Lipinski definition) is 1. The van der Waals surface area contributed by atoms with Gasteiger partial charge in [0, 0.05) is 17.2 Å². The number of carbonyl (C=O) groups excluding carboxylic acids is 1. The van der Waals surface area contributed by atoms with Crippen LogP contribution in [-0.2, 0) is 0 Å². The highest BCUT2D eigenvalue weighted by Gasteiger charge is 2.19. The summed E-state index contributed by atoms with van der Waals surface area (Å²) in [5.41, 5.74) is 1.39. The van der Waals surface area contributed by atoms with E-state index in [-0.39, 0.29) is 11.3 Å². The Morgan fingerprint density at radius 2 is 1.88 bits per heavy atom. The van der Waals surface area contributed by atoms with Crippen molar-refractivity contribution in [2.75, 3.05) is 0 Å². The molecule has 0 saturated heterocycles. The molecule has 0 spiro atoms. The van der Waals surface area contributed by atoms with E-state index in [1.54, 1.807) is 6.92 Å². The summed E-state index contributed by atoms with van der Waals surface area (Å²) >= 11 is 0. The summed E-state index contributed by atoms with van der Waals surface area (Å²) in [4.78, 5) is 12.2. The minimum Gasteiger partial charge on any atom is -0.350 e. The predicted molar refractivity (Wildman–Crippen MR) is 84.2 cm³/mol. The van der Waals surface area contributed by atoms with Crippen molar-refractivity contribution in [3.63, 3.8) is 0 Å². The third kappa shape index (κ3) is 3.32. The Labute approximate surface area is 137 Å². The number of hydrogen-bond acceptors (Lipinski definition) is 3. The number of aromatic nitrogens is 1. The van der Waals surface area contributed by atoms with Crippen molar-refractivity contribution in [3.05, 3.63) is 77.6 Å². The first-order chi connectivity index (χ1) is 11.5. The molecule has 3 rings (SSSR count). The van der Waals surface area contributed by atoms with Crippen LogP contribution < -0.4 is 5.32 Å². The zero-order valence-electron chi connectivity index (χ0n) is 12.8. The van der Waals surface area contributed by atoms with Gasteiger partial charge in [-0.05, 0) is 25.1 Å². The normalized spacial score (nSPS) is 12.0. The van der Waals surface area contributed by atoms with Gasteiger partial charge in [0.25, 0.3) is 5.91 Å². The van der Waals surface area contributed by atoms with Gasteiger partial charge in [-0.1, -0.05) is 35.5 Å². The van der Waals surface area contributed by atoms with Crippen molar-refractivity contribution in [3.8, 4) is 11.3 Å². The van der Waals surface area contributed by atoms with Crippen molar-refractivity contribution in [2.45, 2.75) is 13.0 Å². The van der Waals surface area contributed by atoms with Crippen molar-refractivity contribution in [1.82, 2.24) is 10.5 Å². The quantitative estimate of drug-likeness (QED) is 0.784. The molecular formula is C18H14F2N2O2. The second-order valence-corrected chi connectivity index (χ2v) is 5.30. The number of nitrogens with one attached hydrogen (secondary N) is 1. The number of amides is 1. The lowest BCUT2D eigenvalue weighted by atomic mass is 10.1. The summed E-state index contributed by atoms with van der Waals surface area (Å²) in [5.74, 6) is -1.72. The van der Waals surface area contributed by atoms with Crippen molar-refractivity contribution < 1.29 is 18.1 Å². The van der Waals surface area contributed by atoms with Gasteiger partial charge in [0.1, 0.15) is 17.3 Å². The van der Waals surface area contributed by atoms with Crippen LogP contribution >= 0.6 is 0 Å². The molecule has 24 heavy (non-hydrogen) atoms. The second kappa shape index (κ2) is 6.62. The SMILES string of the molecule is CC(NC(=O)c1cc(-c2ccccc2)no1)c1cc(F)ccc1F. The topological polar surface area (TPSA) is 55.1 Å². The average Bonchev–Trinajstić information content (AvgIpc) is 3.08. The molecular weight excluding hydrogens is 314 g/mol. The molecule has 0 aliphatic rings. The number of carbonyl (C=O) groups is 1. The van der Waals surface area contributed by atoms with Crippen LogP contribution in [0.1, 0.15) is 29.1 Å². The molecule has 0 aliphatic heterocycles. The summed E-state index contributed by atoms with van der Waals surface area (Å²) in [6.07, 6.45) is 0. The third-order valence-corrected chi connectivity index (χ3v) is 3.58. The zero-order chi connectivity index (χ0) is 17.1. The van der Waals surface area contributed by atoms with Crippen LogP contribution in [0.25, 0.3) is 11.3 Å². The minimum absolute atomic E-state index is 0.00230. The van der Waals surface area contributed by atoms with E-state index in [0.29, 0.717) is 5.69 Å². The molecule has 0 fully saturated rings. The highest BCUT2D eigenvalue weighted by Crippen LogP contribution is 2.21. The van der Waals surface area contributed by atoms with Gasteiger partial charge >= 0.3 is 0 Å². The molecule has 0 bridgehead atoms. The molecule has 2 aromatic carbocycles.